The molecule has 4 nitrogen and oxygen atoms in total. The van der Waals surface area contributed by atoms with Crippen LogP contribution in [0.15, 0.2) is 11.6 Å². The van der Waals surface area contributed by atoms with Gasteiger partial charge in [-0.3, -0.25) is 9.59 Å². The Balaban J connectivity index is 1.93. The summed E-state index contributed by atoms with van der Waals surface area (Å²) in [5.41, 5.74) is 6.59. The van der Waals surface area contributed by atoms with Crippen molar-refractivity contribution in [2.75, 3.05) is 13.1 Å². The van der Waals surface area contributed by atoms with Crippen LogP contribution in [0.1, 0.15) is 44.9 Å². The average Bonchev–Trinajstić information content (AvgIpc) is 2.40. The molecule has 4 heteroatoms. The van der Waals surface area contributed by atoms with E-state index in [4.69, 9.17) is 5.73 Å². The van der Waals surface area contributed by atoms with Crippen LogP contribution in [0.4, 0.5) is 0 Å². The van der Waals surface area contributed by atoms with Crippen molar-refractivity contribution in [1.82, 2.24) is 4.90 Å². The molecule has 0 bridgehead atoms. The van der Waals surface area contributed by atoms with Crippen LogP contribution >= 0.6 is 0 Å². The molecule has 1 aliphatic carbocycles. The lowest BCUT2D eigenvalue weighted by Gasteiger charge is -2.30. The minimum absolute atomic E-state index is 0.0675. The molecule has 0 aromatic heterocycles. The maximum absolute atomic E-state index is 12.1. The minimum atomic E-state index is -0.280. The van der Waals surface area contributed by atoms with Crippen molar-refractivity contribution in [3.8, 4) is 0 Å². The minimum Gasteiger partial charge on any atom is -0.369 e. The van der Waals surface area contributed by atoms with E-state index in [1.807, 2.05) is 0 Å². The molecule has 1 aliphatic heterocycles. The highest BCUT2D eigenvalue weighted by atomic mass is 16.2. The van der Waals surface area contributed by atoms with E-state index >= 15 is 0 Å². The molecule has 0 aromatic carbocycles. The number of nitrogens with two attached hydrogens (primary N) is 1. The first kappa shape index (κ1) is 13.1. The van der Waals surface area contributed by atoms with Crippen molar-refractivity contribution in [2.45, 2.75) is 44.9 Å². The summed E-state index contributed by atoms with van der Waals surface area (Å²) in [4.78, 5) is 25.1. The van der Waals surface area contributed by atoms with Crippen LogP contribution < -0.4 is 5.73 Å². The first-order valence-corrected chi connectivity index (χ1v) is 6.94. The third kappa shape index (κ3) is 3.34. The van der Waals surface area contributed by atoms with Crippen LogP contribution in [0.2, 0.25) is 0 Å². The van der Waals surface area contributed by atoms with Gasteiger partial charge in [-0.05, 0) is 38.5 Å². The number of carbonyl (C=O) groups excluding carboxylic acids is 2. The van der Waals surface area contributed by atoms with Gasteiger partial charge in [-0.25, -0.2) is 0 Å². The molecule has 1 saturated carbocycles. The lowest BCUT2D eigenvalue weighted by atomic mass is 9.94. The fourth-order valence-electron chi connectivity index (χ4n) is 2.83. The van der Waals surface area contributed by atoms with Gasteiger partial charge in [-0.2, -0.15) is 0 Å². The number of piperidine rings is 1. The Kier molecular flexibility index (Phi) is 4.39. The number of nitrogens with zero attached hydrogens (tertiary/aromatic N) is 1. The topological polar surface area (TPSA) is 63.4 Å². The monoisotopic (exact) mass is 250 g/mol. The van der Waals surface area contributed by atoms with Crippen molar-refractivity contribution < 1.29 is 9.59 Å². The zero-order chi connectivity index (χ0) is 13.0. The van der Waals surface area contributed by atoms with Crippen LogP contribution in [0.3, 0.4) is 0 Å². The summed E-state index contributed by atoms with van der Waals surface area (Å²) >= 11 is 0. The Morgan fingerprint density at radius 1 is 1.17 bits per heavy atom. The summed E-state index contributed by atoms with van der Waals surface area (Å²) in [5.74, 6) is -0.372. The molecule has 1 atom stereocenters. The van der Waals surface area contributed by atoms with E-state index in [1.165, 1.54) is 24.8 Å². The van der Waals surface area contributed by atoms with Gasteiger partial charge in [-0.15, -0.1) is 0 Å². The SMILES string of the molecule is NC(=O)[C@H]1CCCN(C(=O)C=C2CCCCC2)C1. The first-order valence-electron chi connectivity index (χ1n) is 6.94. The average molecular weight is 250 g/mol. The largest absolute Gasteiger partial charge is 0.369 e. The molecule has 1 heterocycles. The maximum atomic E-state index is 12.1. The zero-order valence-corrected chi connectivity index (χ0v) is 10.9. The Morgan fingerprint density at radius 2 is 1.89 bits per heavy atom. The molecular formula is C14H22N2O2. The summed E-state index contributed by atoms with van der Waals surface area (Å²) in [7, 11) is 0. The highest BCUT2D eigenvalue weighted by Crippen LogP contribution is 2.23. The third-order valence-corrected chi connectivity index (χ3v) is 3.96. The number of likely N-dealkylation sites (tertiary alicyclic amines) is 1. The summed E-state index contributed by atoms with van der Waals surface area (Å²) in [6.07, 6.45) is 9.27. The number of hydrogen-bond donors (Lipinski definition) is 1. The van der Waals surface area contributed by atoms with E-state index in [1.54, 1.807) is 11.0 Å². The molecule has 0 radical (unpaired) electrons. The molecule has 0 unspecified atom stereocenters. The van der Waals surface area contributed by atoms with Crippen LogP contribution in [0.25, 0.3) is 0 Å². The van der Waals surface area contributed by atoms with E-state index in [0.29, 0.717) is 6.54 Å². The van der Waals surface area contributed by atoms with Gasteiger partial charge >= 0.3 is 0 Å². The Labute approximate surface area is 108 Å². The second kappa shape index (κ2) is 6.03. The molecule has 1 saturated heterocycles. The fourth-order valence-corrected chi connectivity index (χ4v) is 2.83. The predicted molar refractivity (Wildman–Crippen MR) is 69.7 cm³/mol. The van der Waals surface area contributed by atoms with Crippen LogP contribution in [0.5, 0.6) is 0 Å². The van der Waals surface area contributed by atoms with E-state index in [9.17, 15) is 9.59 Å². The molecule has 2 aliphatic rings. The lowest BCUT2D eigenvalue weighted by molar-refractivity contribution is -0.130. The third-order valence-electron chi connectivity index (χ3n) is 3.96. The van der Waals surface area contributed by atoms with E-state index in [0.717, 1.165) is 32.2 Å². The number of primary amides is 1. The second-order valence-electron chi connectivity index (χ2n) is 5.39. The van der Waals surface area contributed by atoms with Crippen molar-refractivity contribution in [2.24, 2.45) is 11.7 Å². The number of amides is 2. The summed E-state index contributed by atoms with van der Waals surface area (Å²) in [5, 5.41) is 0. The molecule has 18 heavy (non-hydrogen) atoms. The van der Waals surface area contributed by atoms with E-state index < -0.39 is 0 Å². The van der Waals surface area contributed by atoms with Gasteiger partial charge in [0.1, 0.15) is 0 Å². The number of hydrogen-bond acceptors (Lipinski definition) is 2. The van der Waals surface area contributed by atoms with Gasteiger partial charge in [0, 0.05) is 19.2 Å². The Morgan fingerprint density at radius 3 is 2.56 bits per heavy atom. The Bertz CT molecular complexity index is 355. The smallest absolute Gasteiger partial charge is 0.246 e. The van der Waals surface area contributed by atoms with Gasteiger partial charge in [0.05, 0.1) is 5.92 Å². The van der Waals surface area contributed by atoms with Crippen molar-refractivity contribution in [3.63, 3.8) is 0 Å². The molecule has 100 valence electrons. The predicted octanol–water partition coefficient (Wildman–Crippen LogP) is 1.60. The van der Waals surface area contributed by atoms with Crippen molar-refractivity contribution in [1.29, 1.82) is 0 Å². The van der Waals surface area contributed by atoms with Crippen LogP contribution in [-0.4, -0.2) is 29.8 Å². The standard InChI is InChI=1S/C14H22N2O2/c15-14(18)12-7-4-8-16(10-12)13(17)9-11-5-2-1-3-6-11/h9,12H,1-8,10H2,(H2,15,18)/t12-/m0/s1. The van der Waals surface area contributed by atoms with Gasteiger partial charge in [-0.1, -0.05) is 12.0 Å². The molecule has 0 spiro atoms. The molecule has 2 N–H and O–H groups in total. The number of rotatable bonds is 2. The second-order valence-corrected chi connectivity index (χ2v) is 5.39. The summed E-state index contributed by atoms with van der Waals surface area (Å²) in [6, 6.07) is 0. The number of carbonyl (C=O) groups is 2. The first-order chi connectivity index (χ1) is 8.66. The van der Waals surface area contributed by atoms with Crippen molar-refractivity contribution in [3.05, 3.63) is 11.6 Å². The fraction of sp³-hybridized carbons (Fsp3) is 0.714. The normalized spacial score (nSPS) is 24.8. The maximum Gasteiger partial charge on any atom is 0.246 e. The van der Waals surface area contributed by atoms with Crippen molar-refractivity contribution >= 4 is 11.8 Å². The Hall–Kier alpha value is -1.32. The highest BCUT2D eigenvalue weighted by Gasteiger charge is 2.26. The molecular weight excluding hydrogens is 228 g/mol. The van der Waals surface area contributed by atoms with Gasteiger partial charge in [0.2, 0.25) is 11.8 Å². The van der Waals surface area contributed by atoms with Crippen LogP contribution in [0, 0.1) is 5.92 Å². The summed E-state index contributed by atoms with van der Waals surface area (Å²) < 4.78 is 0. The zero-order valence-electron chi connectivity index (χ0n) is 10.9. The van der Waals surface area contributed by atoms with E-state index in [-0.39, 0.29) is 17.7 Å². The molecule has 0 aromatic rings. The molecule has 2 fully saturated rings. The van der Waals surface area contributed by atoms with Gasteiger partial charge < -0.3 is 10.6 Å². The van der Waals surface area contributed by atoms with Crippen LogP contribution in [-0.2, 0) is 9.59 Å². The van der Waals surface area contributed by atoms with Gasteiger partial charge in [0.15, 0.2) is 0 Å². The lowest BCUT2D eigenvalue weighted by Crippen LogP contribution is -2.43. The highest BCUT2D eigenvalue weighted by molar-refractivity contribution is 5.89. The molecule has 2 rings (SSSR count). The molecule has 2 amide bonds. The number of allylic oxidation sites excluding steroid dienone is 1. The van der Waals surface area contributed by atoms with Gasteiger partial charge in [0.25, 0.3) is 0 Å². The quantitative estimate of drug-likeness (QED) is 0.757. The van der Waals surface area contributed by atoms with E-state index in [2.05, 4.69) is 0 Å². The summed E-state index contributed by atoms with van der Waals surface area (Å²) in [6.45, 7) is 1.25.